The van der Waals surface area contributed by atoms with Crippen molar-refractivity contribution in [2.45, 2.75) is 40.0 Å². The molecule has 0 spiro atoms. The van der Waals surface area contributed by atoms with Gasteiger partial charge in [-0.2, -0.15) is 4.37 Å². The number of nitrogens with zero attached hydrogens (tertiary/aromatic N) is 2. The lowest BCUT2D eigenvalue weighted by molar-refractivity contribution is 0.132. The second kappa shape index (κ2) is 7.61. The molecule has 4 nitrogen and oxygen atoms in total. The molecule has 0 aromatic carbocycles. The fourth-order valence-electron chi connectivity index (χ4n) is 1.19. The van der Waals surface area contributed by atoms with Crippen LogP contribution in [0.2, 0.25) is 0 Å². The van der Waals surface area contributed by atoms with Gasteiger partial charge in [0.2, 0.25) is 5.13 Å². The Hall–Kier alpha value is -0.680. The van der Waals surface area contributed by atoms with Gasteiger partial charge in [0, 0.05) is 30.6 Å². The highest BCUT2D eigenvalue weighted by atomic mass is 32.1. The summed E-state index contributed by atoms with van der Waals surface area (Å²) in [7, 11) is 0. The number of hydrogen-bond acceptors (Lipinski definition) is 5. The first-order chi connectivity index (χ1) is 8.09. The van der Waals surface area contributed by atoms with Gasteiger partial charge in [-0.1, -0.05) is 27.7 Å². The third kappa shape index (κ3) is 5.98. The van der Waals surface area contributed by atoms with Crippen LogP contribution in [0.15, 0.2) is 0 Å². The maximum Gasteiger partial charge on any atom is 0.202 e. The van der Waals surface area contributed by atoms with Gasteiger partial charge in [-0.05, 0) is 12.3 Å². The summed E-state index contributed by atoms with van der Waals surface area (Å²) in [5.41, 5.74) is 0. The molecule has 1 aromatic heterocycles. The summed E-state index contributed by atoms with van der Waals surface area (Å²) in [6.07, 6.45) is 1.12. The minimum atomic E-state index is 0.393. The van der Waals surface area contributed by atoms with Gasteiger partial charge in [0.05, 0.1) is 6.61 Å². The van der Waals surface area contributed by atoms with Crippen molar-refractivity contribution in [3.8, 4) is 0 Å². The molecule has 0 amide bonds. The summed E-state index contributed by atoms with van der Waals surface area (Å²) >= 11 is 1.42. The van der Waals surface area contributed by atoms with E-state index in [1.54, 1.807) is 0 Å². The van der Waals surface area contributed by atoms with Gasteiger partial charge >= 0.3 is 0 Å². The topological polar surface area (TPSA) is 47.0 Å². The normalized spacial score (nSPS) is 11.4. The van der Waals surface area contributed by atoms with Crippen molar-refractivity contribution in [3.63, 3.8) is 0 Å². The average molecular weight is 257 g/mol. The Balaban J connectivity index is 2.09. The number of anilines is 1. The van der Waals surface area contributed by atoms with Crippen LogP contribution in [0.1, 0.15) is 45.9 Å². The fraction of sp³-hybridized carbons (Fsp3) is 0.833. The largest absolute Gasteiger partial charge is 0.380 e. The summed E-state index contributed by atoms with van der Waals surface area (Å²) in [5.74, 6) is 2.02. The predicted molar refractivity (Wildman–Crippen MR) is 72.8 cm³/mol. The zero-order valence-corrected chi connectivity index (χ0v) is 12.0. The maximum absolute atomic E-state index is 5.51. The fourth-order valence-corrected chi connectivity index (χ4v) is 1.93. The molecule has 0 bridgehead atoms. The van der Waals surface area contributed by atoms with Crippen molar-refractivity contribution in [3.05, 3.63) is 5.82 Å². The van der Waals surface area contributed by atoms with E-state index in [0.29, 0.717) is 11.8 Å². The number of aromatic nitrogens is 2. The average Bonchev–Trinajstić information content (AvgIpc) is 2.71. The van der Waals surface area contributed by atoms with Crippen LogP contribution in [-0.2, 0) is 4.74 Å². The van der Waals surface area contributed by atoms with Crippen LogP contribution in [0, 0.1) is 5.92 Å². The van der Waals surface area contributed by atoms with Crippen LogP contribution >= 0.6 is 11.5 Å². The van der Waals surface area contributed by atoms with E-state index in [-0.39, 0.29) is 0 Å². The summed E-state index contributed by atoms with van der Waals surface area (Å²) in [6, 6.07) is 0. The van der Waals surface area contributed by atoms with E-state index in [1.807, 2.05) is 0 Å². The summed E-state index contributed by atoms with van der Waals surface area (Å²) in [5, 5.41) is 4.12. The molecule has 0 fully saturated rings. The SMILES string of the molecule is CC(C)CCOCCNc1nc(C(C)C)ns1. The van der Waals surface area contributed by atoms with Gasteiger partial charge in [0.1, 0.15) is 5.82 Å². The van der Waals surface area contributed by atoms with Crippen LogP contribution in [0.5, 0.6) is 0 Å². The van der Waals surface area contributed by atoms with Gasteiger partial charge in [0.25, 0.3) is 0 Å². The molecule has 1 N–H and O–H groups in total. The van der Waals surface area contributed by atoms with Crippen molar-refractivity contribution < 1.29 is 4.74 Å². The highest BCUT2D eigenvalue weighted by Crippen LogP contribution is 2.16. The Kier molecular flexibility index (Phi) is 6.44. The van der Waals surface area contributed by atoms with Gasteiger partial charge in [0.15, 0.2) is 0 Å². The Labute approximate surface area is 108 Å². The van der Waals surface area contributed by atoms with Crippen LogP contribution in [0.4, 0.5) is 5.13 Å². The van der Waals surface area contributed by atoms with E-state index in [2.05, 4.69) is 42.4 Å². The summed E-state index contributed by atoms with van der Waals surface area (Å²) < 4.78 is 9.80. The Morgan fingerprint density at radius 3 is 2.59 bits per heavy atom. The zero-order chi connectivity index (χ0) is 12.7. The predicted octanol–water partition coefficient (Wildman–Crippen LogP) is 3.14. The van der Waals surface area contributed by atoms with E-state index in [0.717, 1.165) is 37.1 Å². The lowest BCUT2D eigenvalue weighted by Gasteiger charge is -2.06. The quantitative estimate of drug-likeness (QED) is 0.727. The molecule has 0 unspecified atom stereocenters. The second-order valence-corrected chi connectivity index (χ2v) is 5.59. The third-order valence-electron chi connectivity index (χ3n) is 2.32. The molecule has 17 heavy (non-hydrogen) atoms. The van der Waals surface area contributed by atoms with Gasteiger partial charge < -0.3 is 10.1 Å². The van der Waals surface area contributed by atoms with E-state index < -0.39 is 0 Å². The highest BCUT2D eigenvalue weighted by Gasteiger charge is 2.06. The molecule has 98 valence electrons. The summed E-state index contributed by atoms with van der Waals surface area (Å²) in [4.78, 5) is 4.40. The summed E-state index contributed by atoms with van der Waals surface area (Å²) in [6.45, 7) is 11.0. The Morgan fingerprint density at radius 1 is 1.24 bits per heavy atom. The van der Waals surface area contributed by atoms with E-state index in [4.69, 9.17) is 4.74 Å². The highest BCUT2D eigenvalue weighted by molar-refractivity contribution is 7.09. The van der Waals surface area contributed by atoms with Crippen molar-refractivity contribution in [1.29, 1.82) is 0 Å². The van der Waals surface area contributed by atoms with Crippen LogP contribution in [-0.4, -0.2) is 29.1 Å². The lowest BCUT2D eigenvalue weighted by Crippen LogP contribution is -2.10. The molecule has 1 heterocycles. The molecule has 0 saturated carbocycles. The molecule has 0 saturated heterocycles. The minimum Gasteiger partial charge on any atom is -0.380 e. The van der Waals surface area contributed by atoms with Crippen LogP contribution in [0.3, 0.4) is 0 Å². The van der Waals surface area contributed by atoms with Crippen molar-refractivity contribution in [2.24, 2.45) is 5.92 Å². The van der Waals surface area contributed by atoms with Gasteiger partial charge in [-0.25, -0.2) is 4.98 Å². The van der Waals surface area contributed by atoms with Gasteiger partial charge in [-0.3, -0.25) is 0 Å². The number of nitrogens with one attached hydrogen (secondary N) is 1. The van der Waals surface area contributed by atoms with E-state index in [1.165, 1.54) is 11.5 Å². The number of ether oxygens (including phenoxy) is 1. The lowest BCUT2D eigenvalue weighted by atomic mass is 10.1. The molecule has 0 radical (unpaired) electrons. The smallest absolute Gasteiger partial charge is 0.202 e. The molecule has 0 aliphatic carbocycles. The third-order valence-corrected chi connectivity index (χ3v) is 3.01. The molecular formula is C12H23N3OS. The molecular weight excluding hydrogens is 234 g/mol. The van der Waals surface area contributed by atoms with E-state index >= 15 is 0 Å². The first-order valence-corrected chi connectivity index (χ1v) is 7.02. The number of rotatable bonds is 8. The van der Waals surface area contributed by atoms with E-state index in [9.17, 15) is 0 Å². The molecule has 5 heteroatoms. The molecule has 0 aliphatic heterocycles. The molecule has 1 aromatic rings. The molecule has 1 rings (SSSR count). The van der Waals surface area contributed by atoms with Crippen molar-refractivity contribution in [1.82, 2.24) is 9.36 Å². The standard InChI is InChI=1S/C12H23N3OS/c1-9(2)5-7-16-8-6-13-12-14-11(10(3)4)15-17-12/h9-10H,5-8H2,1-4H3,(H,13,14,15). The monoisotopic (exact) mass is 257 g/mol. The first-order valence-electron chi connectivity index (χ1n) is 6.24. The molecule has 0 aliphatic rings. The van der Waals surface area contributed by atoms with Crippen molar-refractivity contribution >= 4 is 16.7 Å². The Morgan fingerprint density at radius 2 is 2.00 bits per heavy atom. The number of hydrogen-bond donors (Lipinski definition) is 1. The van der Waals surface area contributed by atoms with Gasteiger partial charge in [-0.15, -0.1) is 0 Å². The minimum absolute atomic E-state index is 0.393. The zero-order valence-electron chi connectivity index (χ0n) is 11.2. The second-order valence-electron chi connectivity index (χ2n) is 4.83. The maximum atomic E-state index is 5.51. The molecule has 0 atom stereocenters. The van der Waals surface area contributed by atoms with Crippen LogP contribution in [0.25, 0.3) is 0 Å². The van der Waals surface area contributed by atoms with Crippen molar-refractivity contribution in [2.75, 3.05) is 25.1 Å². The first kappa shape index (κ1) is 14.4. The Bertz CT molecular complexity index is 312. The van der Waals surface area contributed by atoms with Crippen LogP contribution < -0.4 is 5.32 Å².